The number of hydrogen-bond acceptors (Lipinski definition) is 2. The number of benzene rings is 2. The van der Waals surface area contributed by atoms with Crippen LogP contribution in [0.3, 0.4) is 0 Å². The maximum absolute atomic E-state index is 12.1. The summed E-state index contributed by atoms with van der Waals surface area (Å²) in [6.45, 7) is 1.92. The van der Waals surface area contributed by atoms with Gasteiger partial charge in [0, 0.05) is 6.20 Å². The van der Waals surface area contributed by atoms with Gasteiger partial charge in [-0.1, -0.05) is 42.5 Å². The Bertz CT molecular complexity index is 743. The van der Waals surface area contributed by atoms with E-state index in [0.717, 1.165) is 16.5 Å². The minimum Gasteiger partial charge on any atom is -0.272 e. The minimum atomic E-state index is -0.0108. The molecule has 3 rings (SSSR count). The van der Waals surface area contributed by atoms with Crippen LogP contribution in [-0.4, -0.2) is 15.7 Å². The fraction of sp³-hybridized carbons (Fsp3) is 0.125. The summed E-state index contributed by atoms with van der Waals surface area (Å²) in [5, 5.41) is 6.39. The lowest BCUT2D eigenvalue weighted by Crippen LogP contribution is -2.13. The fourth-order valence-electron chi connectivity index (χ4n) is 2.15. The Morgan fingerprint density at radius 1 is 1.16 bits per heavy atom. The van der Waals surface area contributed by atoms with E-state index in [4.69, 9.17) is 0 Å². The van der Waals surface area contributed by atoms with Gasteiger partial charge in [0.25, 0.3) is 5.91 Å². The van der Waals surface area contributed by atoms with E-state index in [0.29, 0.717) is 6.42 Å². The van der Waals surface area contributed by atoms with Crippen molar-refractivity contribution in [1.82, 2.24) is 9.78 Å². The average molecular weight is 250 g/mol. The van der Waals surface area contributed by atoms with Crippen molar-refractivity contribution in [3.8, 4) is 0 Å². The highest BCUT2D eigenvalue weighted by Crippen LogP contribution is 2.16. The smallest absolute Gasteiger partial charge is 0.251 e. The molecule has 1 aromatic heterocycles. The van der Waals surface area contributed by atoms with Crippen LogP contribution in [0.1, 0.15) is 15.9 Å². The number of rotatable bonds is 2. The summed E-state index contributed by atoms with van der Waals surface area (Å²) < 4.78 is 1.41. The van der Waals surface area contributed by atoms with Gasteiger partial charge in [0.1, 0.15) is 0 Å². The quantitative estimate of drug-likeness (QED) is 0.700. The number of hydrogen-bond donors (Lipinski definition) is 0. The maximum Gasteiger partial charge on any atom is 0.251 e. The first kappa shape index (κ1) is 11.7. The molecule has 0 amide bonds. The molecule has 19 heavy (non-hydrogen) atoms. The second-order valence-electron chi connectivity index (χ2n) is 4.71. The van der Waals surface area contributed by atoms with Crippen LogP contribution in [-0.2, 0) is 6.42 Å². The first-order valence-electron chi connectivity index (χ1n) is 6.24. The fourth-order valence-corrected chi connectivity index (χ4v) is 2.15. The summed E-state index contributed by atoms with van der Waals surface area (Å²) >= 11 is 0. The maximum atomic E-state index is 12.1. The molecule has 0 unspecified atom stereocenters. The molecule has 0 aliphatic heterocycles. The molecule has 0 N–H and O–H groups in total. The van der Waals surface area contributed by atoms with Gasteiger partial charge < -0.3 is 0 Å². The van der Waals surface area contributed by atoms with Gasteiger partial charge >= 0.3 is 0 Å². The SMILES string of the molecule is Cc1cnn(C(=O)Cc2ccc3ccccc3c2)c1. The number of nitrogens with zero attached hydrogens (tertiary/aromatic N) is 2. The lowest BCUT2D eigenvalue weighted by molar-refractivity contribution is 0.0898. The van der Waals surface area contributed by atoms with E-state index in [-0.39, 0.29) is 5.91 Å². The monoisotopic (exact) mass is 250 g/mol. The molecular weight excluding hydrogens is 236 g/mol. The summed E-state index contributed by atoms with van der Waals surface area (Å²) in [6.07, 6.45) is 3.81. The third-order valence-electron chi connectivity index (χ3n) is 3.14. The number of carbonyl (C=O) groups excluding carboxylic acids is 1. The molecule has 94 valence electrons. The predicted molar refractivity (Wildman–Crippen MR) is 75.2 cm³/mol. The molecule has 0 radical (unpaired) electrons. The number of aromatic nitrogens is 2. The van der Waals surface area contributed by atoms with Gasteiger partial charge in [0.2, 0.25) is 0 Å². The van der Waals surface area contributed by atoms with Crippen LogP contribution in [0, 0.1) is 6.92 Å². The van der Waals surface area contributed by atoms with Gasteiger partial charge in [0.15, 0.2) is 0 Å². The molecule has 0 atom stereocenters. The Morgan fingerprint density at radius 3 is 2.68 bits per heavy atom. The van der Waals surface area contributed by atoms with E-state index in [9.17, 15) is 4.79 Å². The zero-order valence-corrected chi connectivity index (χ0v) is 10.7. The first-order chi connectivity index (χ1) is 9.22. The highest BCUT2D eigenvalue weighted by Gasteiger charge is 2.07. The van der Waals surface area contributed by atoms with Gasteiger partial charge in [-0.15, -0.1) is 0 Å². The summed E-state index contributed by atoms with van der Waals surface area (Å²) in [5.41, 5.74) is 2.00. The third kappa shape index (κ3) is 2.40. The highest BCUT2D eigenvalue weighted by atomic mass is 16.2. The summed E-state index contributed by atoms with van der Waals surface area (Å²) in [7, 11) is 0. The molecule has 0 bridgehead atoms. The minimum absolute atomic E-state index is 0.0108. The van der Waals surface area contributed by atoms with Crippen molar-refractivity contribution in [2.45, 2.75) is 13.3 Å². The van der Waals surface area contributed by atoms with Crippen molar-refractivity contribution in [3.05, 3.63) is 66.0 Å². The van der Waals surface area contributed by atoms with E-state index in [1.54, 1.807) is 12.4 Å². The van der Waals surface area contributed by atoms with Crippen LogP contribution in [0.25, 0.3) is 10.8 Å². The summed E-state index contributed by atoms with van der Waals surface area (Å²) in [6, 6.07) is 14.2. The van der Waals surface area contributed by atoms with E-state index < -0.39 is 0 Å². The predicted octanol–water partition coefficient (Wildman–Crippen LogP) is 3.23. The Morgan fingerprint density at radius 2 is 1.95 bits per heavy atom. The molecule has 3 aromatic rings. The molecule has 1 heterocycles. The summed E-state index contributed by atoms with van der Waals surface area (Å²) in [4.78, 5) is 12.1. The number of fused-ring (bicyclic) bond motifs is 1. The van der Waals surface area contributed by atoms with Gasteiger partial charge in [0.05, 0.1) is 12.6 Å². The molecule has 0 fully saturated rings. The van der Waals surface area contributed by atoms with Crippen molar-refractivity contribution < 1.29 is 4.79 Å². The second kappa shape index (κ2) is 4.69. The molecule has 3 heteroatoms. The molecule has 0 aliphatic carbocycles. The van der Waals surface area contributed by atoms with Crippen LogP contribution < -0.4 is 0 Å². The van der Waals surface area contributed by atoms with Gasteiger partial charge in [-0.25, -0.2) is 4.68 Å². The van der Waals surface area contributed by atoms with Gasteiger partial charge in [-0.3, -0.25) is 4.79 Å². The van der Waals surface area contributed by atoms with Crippen LogP contribution in [0.2, 0.25) is 0 Å². The topological polar surface area (TPSA) is 34.9 Å². The van der Waals surface area contributed by atoms with Crippen molar-refractivity contribution in [2.75, 3.05) is 0 Å². The van der Waals surface area contributed by atoms with Gasteiger partial charge in [-0.05, 0) is 28.8 Å². The molecular formula is C16H14N2O. The molecule has 0 saturated heterocycles. The van der Waals surface area contributed by atoms with Crippen molar-refractivity contribution in [2.24, 2.45) is 0 Å². The molecule has 0 aliphatic rings. The van der Waals surface area contributed by atoms with Crippen LogP contribution in [0.15, 0.2) is 54.9 Å². The van der Waals surface area contributed by atoms with E-state index >= 15 is 0 Å². The zero-order chi connectivity index (χ0) is 13.2. The summed E-state index contributed by atoms with van der Waals surface area (Å²) in [5.74, 6) is -0.0108. The van der Waals surface area contributed by atoms with E-state index in [2.05, 4.69) is 23.3 Å². The van der Waals surface area contributed by atoms with Gasteiger partial charge in [-0.2, -0.15) is 5.10 Å². The molecule has 2 aromatic carbocycles. The lowest BCUT2D eigenvalue weighted by atomic mass is 10.1. The van der Waals surface area contributed by atoms with E-state index in [1.165, 1.54) is 10.1 Å². The van der Waals surface area contributed by atoms with Crippen molar-refractivity contribution >= 4 is 16.7 Å². The lowest BCUT2D eigenvalue weighted by Gasteiger charge is -2.03. The first-order valence-corrected chi connectivity index (χ1v) is 6.24. The van der Waals surface area contributed by atoms with Crippen LogP contribution in [0.4, 0.5) is 0 Å². The van der Waals surface area contributed by atoms with Crippen molar-refractivity contribution in [1.29, 1.82) is 0 Å². The molecule has 0 spiro atoms. The zero-order valence-electron chi connectivity index (χ0n) is 10.7. The standard InChI is InChI=1S/C16H14N2O/c1-12-10-17-18(11-12)16(19)9-13-6-7-14-4-2-3-5-15(14)8-13/h2-8,10-11H,9H2,1H3. The average Bonchev–Trinajstić information content (AvgIpc) is 2.85. The van der Waals surface area contributed by atoms with Crippen LogP contribution >= 0.6 is 0 Å². The Labute approximate surface area is 111 Å². The van der Waals surface area contributed by atoms with Crippen molar-refractivity contribution in [3.63, 3.8) is 0 Å². The molecule has 3 nitrogen and oxygen atoms in total. The number of aryl methyl sites for hydroxylation is 1. The molecule has 0 saturated carbocycles. The second-order valence-corrected chi connectivity index (χ2v) is 4.71. The third-order valence-corrected chi connectivity index (χ3v) is 3.14. The number of carbonyl (C=O) groups is 1. The Balaban J connectivity index is 1.87. The Hall–Kier alpha value is -2.42. The van der Waals surface area contributed by atoms with Crippen LogP contribution in [0.5, 0.6) is 0 Å². The largest absolute Gasteiger partial charge is 0.272 e. The Kier molecular flexibility index (Phi) is 2.88. The normalized spacial score (nSPS) is 10.8. The highest BCUT2D eigenvalue weighted by molar-refractivity contribution is 5.85. The van der Waals surface area contributed by atoms with E-state index in [1.807, 2.05) is 31.2 Å².